The van der Waals surface area contributed by atoms with Crippen molar-refractivity contribution >= 4 is 5.91 Å². The van der Waals surface area contributed by atoms with E-state index in [1.165, 1.54) is 6.42 Å². The summed E-state index contributed by atoms with van der Waals surface area (Å²) in [6, 6.07) is 0.0260. The maximum Gasteiger partial charge on any atom is 0.226 e. The second-order valence-corrected chi connectivity index (χ2v) is 5.34. The van der Waals surface area contributed by atoms with Crippen molar-refractivity contribution in [3.05, 3.63) is 11.7 Å². The van der Waals surface area contributed by atoms with Crippen molar-refractivity contribution in [2.75, 3.05) is 6.54 Å². The third-order valence-corrected chi connectivity index (χ3v) is 3.80. The molecule has 0 aromatic carbocycles. The van der Waals surface area contributed by atoms with Crippen LogP contribution in [-0.4, -0.2) is 27.5 Å². The lowest BCUT2D eigenvalue weighted by molar-refractivity contribution is -0.135. The zero-order chi connectivity index (χ0) is 12.5. The van der Waals surface area contributed by atoms with Gasteiger partial charge < -0.3 is 9.42 Å². The maximum atomic E-state index is 12.3. The fourth-order valence-electron chi connectivity index (χ4n) is 2.66. The van der Waals surface area contributed by atoms with Gasteiger partial charge in [-0.2, -0.15) is 4.98 Å². The van der Waals surface area contributed by atoms with E-state index in [1.807, 2.05) is 4.90 Å². The van der Waals surface area contributed by atoms with E-state index in [0.29, 0.717) is 17.6 Å². The van der Waals surface area contributed by atoms with Gasteiger partial charge in [0.2, 0.25) is 11.8 Å². The van der Waals surface area contributed by atoms with Crippen molar-refractivity contribution in [2.45, 2.75) is 51.5 Å². The van der Waals surface area contributed by atoms with Gasteiger partial charge in [-0.05, 0) is 25.7 Å². The molecule has 1 aromatic heterocycles. The molecule has 5 heteroatoms. The second kappa shape index (κ2) is 4.71. The Morgan fingerprint density at radius 2 is 2.11 bits per heavy atom. The molecule has 0 bridgehead atoms. The van der Waals surface area contributed by atoms with Gasteiger partial charge in [0.1, 0.15) is 0 Å². The number of hydrogen-bond donors (Lipinski definition) is 0. The average molecular weight is 249 g/mol. The Morgan fingerprint density at radius 3 is 2.78 bits per heavy atom. The summed E-state index contributed by atoms with van der Waals surface area (Å²) in [5.74, 6) is 1.82. The molecule has 2 aliphatic rings. The number of aryl methyl sites for hydroxylation is 1. The first-order valence-corrected chi connectivity index (χ1v) is 6.86. The largest absolute Gasteiger partial charge is 0.340 e. The van der Waals surface area contributed by atoms with Crippen LogP contribution in [-0.2, 0) is 4.79 Å². The fraction of sp³-hybridized carbons (Fsp3) is 0.769. The van der Waals surface area contributed by atoms with Gasteiger partial charge in [0.05, 0.1) is 6.04 Å². The van der Waals surface area contributed by atoms with Gasteiger partial charge in [-0.1, -0.05) is 18.0 Å². The summed E-state index contributed by atoms with van der Waals surface area (Å²) in [7, 11) is 0. The van der Waals surface area contributed by atoms with Gasteiger partial charge in [0.15, 0.2) is 5.82 Å². The Hall–Kier alpha value is -1.39. The van der Waals surface area contributed by atoms with Crippen LogP contribution in [0.1, 0.15) is 56.3 Å². The average Bonchev–Trinajstić information content (AvgIpc) is 3.16. The zero-order valence-corrected chi connectivity index (χ0v) is 10.8. The van der Waals surface area contributed by atoms with E-state index in [1.54, 1.807) is 6.92 Å². The van der Waals surface area contributed by atoms with E-state index in [4.69, 9.17) is 4.52 Å². The van der Waals surface area contributed by atoms with Crippen molar-refractivity contribution in [1.29, 1.82) is 0 Å². The van der Waals surface area contributed by atoms with Crippen molar-refractivity contribution in [1.82, 2.24) is 15.0 Å². The number of carbonyl (C=O) groups is 1. The summed E-state index contributed by atoms with van der Waals surface area (Å²) in [4.78, 5) is 18.7. The molecule has 0 unspecified atom stereocenters. The SMILES string of the molecule is Cc1nc([C@H]2CCCCCN2C(=O)C2CC2)no1. The van der Waals surface area contributed by atoms with Crippen LogP contribution < -0.4 is 0 Å². The van der Waals surface area contributed by atoms with Crippen LogP contribution in [0.3, 0.4) is 0 Å². The normalized spacial score (nSPS) is 24.9. The maximum absolute atomic E-state index is 12.3. The minimum absolute atomic E-state index is 0.0260. The molecule has 18 heavy (non-hydrogen) atoms. The molecule has 2 heterocycles. The van der Waals surface area contributed by atoms with Crippen LogP contribution >= 0.6 is 0 Å². The van der Waals surface area contributed by atoms with E-state index in [-0.39, 0.29) is 12.0 Å². The van der Waals surface area contributed by atoms with Crippen LogP contribution in [0.5, 0.6) is 0 Å². The predicted octanol–water partition coefficient (Wildman–Crippen LogP) is 2.23. The molecule has 0 spiro atoms. The van der Waals surface area contributed by atoms with Crippen LogP contribution in [0.15, 0.2) is 4.52 Å². The van der Waals surface area contributed by atoms with E-state index in [9.17, 15) is 4.79 Å². The summed E-state index contributed by atoms with van der Waals surface area (Å²) in [5, 5.41) is 4.01. The molecule has 3 rings (SSSR count). The standard InChI is InChI=1S/C13H19N3O2/c1-9-14-12(15-18-9)11-5-3-2-4-8-16(11)13(17)10-6-7-10/h10-11H,2-8H2,1H3/t11-/m1/s1. The Morgan fingerprint density at radius 1 is 1.28 bits per heavy atom. The Bertz CT molecular complexity index is 439. The highest BCUT2D eigenvalue weighted by molar-refractivity contribution is 5.81. The highest BCUT2D eigenvalue weighted by atomic mass is 16.5. The van der Waals surface area contributed by atoms with Gasteiger partial charge in [0, 0.05) is 19.4 Å². The summed E-state index contributed by atoms with van der Waals surface area (Å²) in [6.07, 6.45) is 6.46. The van der Waals surface area contributed by atoms with Crippen LogP contribution in [0, 0.1) is 12.8 Å². The number of amides is 1. The van der Waals surface area contributed by atoms with Crippen LogP contribution in [0.25, 0.3) is 0 Å². The summed E-state index contributed by atoms with van der Waals surface area (Å²) < 4.78 is 5.06. The van der Waals surface area contributed by atoms with Crippen LogP contribution in [0.2, 0.25) is 0 Å². The Labute approximate surface area is 107 Å². The molecule has 1 saturated carbocycles. The minimum Gasteiger partial charge on any atom is -0.340 e. The van der Waals surface area contributed by atoms with E-state index in [0.717, 1.165) is 38.6 Å². The quantitative estimate of drug-likeness (QED) is 0.806. The number of hydrogen-bond acceptors (Lipinski definition) is 4. The number of rotatable bonds is 2. The molecular formula is C13H19N3O2. The lowest BCUT2D eigenvalue weighted by Gasteiger charge is -2.27. The number of likely N-dealkylation sites (tertiary alicyclic amines) is 1. The smallest absolute Gasteiger partial charge is 0.226 e. The van der Waals surface area contributed by atoms with Crippen molar-refractivity contribution in [2.24, 2.45) is 5.92 Å². The molecule has 2 fully saturated rings. The molecule has 98 valence electrons. The predicted molar refractivity (Wildman–Crippen MR) is 64.7 cm³/mol. The van der Waals surface area contributed by atoms with Crippen molar-refractivity contribution in [3.63, 3.8) is 0 Å². The highest BCUT2D eigenvalue weighted by Crippen LogP contribution is 2.36. The third kappa shape index (κ3) is 2.26. The number of carbonyl (C=O) groups excluding carboxylic acids is 1. The van der Waals surface area contributed by atoms with E-state index >= 15 is 0 Å². The Balaban J connectivity index is 1.84. The van der Waals surface area contributed by atoms with E-state index in [2.05, 4.69) is 10.1 Å². The third-order valence-electron chi connectivity index (χ3n) is 3.80. The van der Waals surface area contributed by atoms with Crippen LogP contribution in [0.4, 0.5) is 0 Å². The van der Waals surface area contributed by atoms with Crippen molar-refractivity contribution < 1.29 is 9.32 Å². The molecule has 1 saturated heterocycles. The summed E-state index contributed by atoms with van der Waals surface area (Å²) in [5.41, 5.74) is 0. The molecule has 1 aliphatic heterocycles. The summed E-state index contributed by atoms with van der Waals surface area (Å²) >= 11 is 0. The summed E-state index contributed by atoms with van der Waals surface area (Å²) in [6.45, 7) is 2.63. The molecular weight excluding hydrogens is 230 g/mol. The topological polar surface area (TPSA) is 59.2 Å². The number of aromatic nitrogens is 2. The number of nitrogens with zero attached hydrogens (tertiary/aromatic N) is 3. The Kier molecular flexibility index (Phi) is 3.06. The monoisotopic (exact) mass is 249 g/mol. The molecule has 1 amide bonds. The van der Waals surface area contributed by atoms with Gasteiger partial charge in [-0.25, -0.2) is 0 Å². The first kappa shape index (κ1) is 11.7. The second-order valence-electron chi connectivity index (χ2n) is 5.34. The first-order valence-electron chi connectivity index (χ1n) is 6.86. The molecule has 0 radical (unpaired) electrons. The minimum atomic E-state index is 0.0260. The highest BCUT2D eigenvalue weighted by Gasteiger charge is 2.38. The molecule has 1 aliphatic carbocycles. The molecule has 0 N–H and O–H groups in total. The lowest BCUT2D eigenvalue weighted by Crippen LogP contribution is -2.36. The van der Waals surface area contributed by atoms with Gasteiger partial charge in [-0.3, -0.25) is 4.79 Å². The molecule has 1 aromatic rings. The lowest BCUT2D eigenvalue weighted by atomic mass is 10.1. The van der Waals surface area contributed by atoms with Gasteiger partial charge in [0.25, 0.3) is 0 Å². The zero-order valence-electron chi connectivity index (χ0n) is 10.8. The fourth-order valence-corrected chi connectivity index (χ4v) is 2.66. The van der Waals surface area contributed by atoms with Crippen molar-refractivity contribution in [3.8, 4) is 0 Å². The van der Waals surface area contributed by atoms with Gasteiger partial charge >= 0.3 is 0 Å². The first-order chi connectivity index (χ1) is 8.75. The molecule has 1 atom stereocenters. The van der Waals surface area contributed by atoms with E-state index < -0.39 is 0 Å². The molecule has 5 nitrogen and oxygen atoms in total. The van der Waals surface area contributed by atoms with Gasteiger partial charge in [-0.15, -0.1) is 0 Å².